The summed E-state index contributed by atoms with van der Waals surface area (Å²) in [5, 5.41) is 9.62. The van der Waals surface area contributed by atoms with Crippen molar-refractivity contribution < 1.29 is 32.6 Å². The van der Waals surface area contributed by atoms with E-state index in [1.165, 1.54) is 25.2 Å². The van der Waals surface area contributed by atoms with Gasteiger partial charge in [-0.05, 0) is 18.9 Å². The van der Waals surface area contributed by atoms with Gasteiger partial charge in [0, 0.05) is 13.1 Å². The highest BCUT2D eigenvalue weighted by Gasteiger charge is 2.45. The van der Waals surface area contributed by atoms with Crippen molar-refractivity contribution in [2.45, 2.75) is 43.8 Å². The molecular formula is C16H19F3N2O4. The predicted molar refractivity (Wildman–Crippen MR) is 81.3 cm³/mol. The Morgan fingerprint density at radius 2 is 1.92 bits per heavy atom. The summed E-state index contributed by atoms with van der Waals surface area (Å²) in [6.07, 6.45) is -1.59. The van der Waals surface area contributed by atoms with Crippen molar-refractivity contribution >= 4 is 11.9 Å². The van der Waals surface area contributed by atoms with E-state index >= 15 is 0 Å². The van der Waals surface area contributed by atoms with Gasteiger partial charge in [0.2, 0.25) is 5.88 Å². The zero-order valence-electron chi connectivity index (χ0n) is 13.7. The number of carboxylic acid groups (broad SMARTS) is 1. The van der Waals surface area contributed by atoms with Gasteiger partial charge < -0.3 is 14.7 Å². The lowest BCUT2D eigenvalue weighted by atomic mass is 9.80. The molecule has 1 aromatic heterocycles. The largest absolute Gasteiger partial charge is 0.479 e. The SMILES string of the molecule is CN(C(=O)c1cccc(OCC(F)(F)F)n1)C1(C(=O)O)CCCCC1. The number of nitrogens with zero attached hydrogens (tertiary/aromatic N) is 2. The molecule has 0 aromatic carbocycles. The van der Waals surface area contributed by atoms with Crippen LogP contribution in [0.4, 0.5) is 13.2 Å². The zero-order chi connectivity index (χ0) is 18.7. The molecule has 0 atom stereocenters. The molecule has 25 heavy (non-hydrogen) atoms. The number of ether oxygens (including phenoxy) is 1. The second-order valence-corrected chi connectivity index (χ2v) is 6.03. The molecule has 1 fully saturated rings. The van der Waals surface area contributed by atoms with Gasteiger partial charge in [-0.3, -0.25) is 4.79 Å². The summed E-state index contributed by atoms with van der Waals surface area (Å²) >= 11 is 0. The molecule has 1 aromatic rings. The first-order valence-electron chi connectivity index (χ1n) is 7.84. The van der Waals surface area contributed by atoms with Gasteiger partial charge in [-0.15, -0.1) is 0 Å². The number of rotatable bonds is 5. The Hall–Kier alpha value is -2.32. The van der Waals surface area contributed by atoms with Crippen LogP contribution in [0, 0.1) is 0 Å². The molecule has 0 saturated heterocycles. The topological polar surface area (TPSA) is 79.7 Å². The summed E-state index contributed by atoms with van der Waals surface area (Å²) in [6, 6.07) is 3.86. The van der Waals surface area contributed by atoms with Gasteiger partial charge in [-0.25, -0.2) is 9.78 Å². The number of hydrogen-bond acceptors (Lipinski definition) is 4. The van der Waals surface area contributed by atoms with Crippen LogP contribution in [-0.4, -0.2) is 52.2 Å². The molecule has 1 saturated carbocycles. The maximum atomic E-state index is 12.6. The Balaban J connectivity index is 2.20. The van der Waals surface area contributed by atoms with Crippen molar-refractivity contribution in [3.63, 3.8) is 0 Å². The minimum Gasteiger partial charge on any atom is -0.479 e. The average molecular weight is 360 g/mol. The summed E-state index contributed by atoms with van der Waals surface area (Å²) in [6.45, 7) is -1.52. The van der Waals surface area contributed by atoms with E-state index in [0.717, 1.165) is 11.3 Å². The number of likely N-dealkylation sites (N-methyl/N-ethyl adjacent to an activating group) is 1. The smallest absolute Gasteiger partial charge is 0.422 e. The predicted octanol–water partition coefficient (Wildman–Crippen LogP) is 2.88. The molecule has 0 aliphatic heterocycles. The molecular weight excluding hydrogens is 341 g/mol. The van der Waals surface area contributed by atoms with E-state index in [1.54, 1.807) is 0 Å². The first-order chi connectivity index (χ1) is 11.7. The Kier molecular flexibility index (Phi) is 5.54. The van der Waals surface area contributed by atoms with Crippen molar-refractivity contribution in [1.29, 1.82) is 0 Å². The fourth-order valence-electron chi connectivity index (χ4n) is 2.97. The van der Waals surface area contributed by atoms with Crippen LogP contribution >= 0.6 is 0 Å². The Bertz CT molecular complexity index is 643. The van der Waals surface area contributed by atoms with Crippen LogP contribution in [0.5, 0.6) is 5.88 Å². The lowest BCUT2D eigenvalue weighted by Crippen LogP contribution is -2.56. The minimum absolute atomic E-state index is 0.159. The van der Waals surface area contributed by atoms with E-state index in [1.807, 2.05) is 0 Å². The fraction of sp³-hybridized carbons (Fsp3) is 0.562. The van der Waals surface area contributed by atoms with Gasteiger partial charge in [0.15, 0.2) is 6.61 Å². The lowest BCUT2D eigenvalue weighted by molar-refractivity contribution is -0.154. The first kappa shape index (κ1) is 19.0. The number of alkyl halides is 3. The van der Waals surface area contributed by atoms with Gasteiger partial charge in [-0.1, -0.05) is 25.3 Å². The van der Waals surface area contributed by atoms with E-state index in [4.69, 9.17) is 0 Å². The second kappa shape index (κ2) is 7.28. The van der Waals surface area contributed by atoms with Crippen molar-refractivity contribution in [2.24, 2.45) is 0 Å². The maximum Gasteiger partial charge on any atom is 0.422 e. The molecule has 0 spiro atoms. The average Bonchev–Trinajstić information content (AvgIpc) is 2.58. The molecule has 1 aliphatic rings. The quantitative estimate of drug-likeness (QED) is 0.873. The molecule has 0 bridgehead atoms. The third-order valence-corrected chi connectivity index (χ3v) is 4.35. The number of carboxylic acids is 1. The van der Waals surface area contributed by atoms with Gasteiger partial charge in [0.1, 0.15) is 11.2 Å². The highest BCUT2D eigenvalue weighted by Crippen LogP contribution is 2.34. The Morgan fingerprint density at radius 3 is 2.48 bits per heavy atom. The molecule has 138 valence electrons. The highest BCUT2D eigenvalue weighted by molar-refractivity contribution is 5.96. The van der Waals surface area contributed by atoms with Crippen LogP contribution in [0.2, 0.25) is 0 Å². The summed E-state index contributed by atoms with van der Waals surface area (Å²) in [5.74, 6) is -2.10. The molecule has 6 nitrogen and oxygen atoms in total. The van der Waals surface area contributed by atoms with Crippen molar-refractivity contribution in [3.05, 3.63) is 23.9 Å². The number of amides is 1. The molecule has 2 rings (SSSR count). The number of pyridine rings is 1. The summed E-state index contributed by atoms with van der Waals surface area (Å²) < 4.78 is 41.2. The molecule has 1 heterocycles. The van der Waals surface area contributed by atoms with Gasteiger partial charge >= 0.3 is 12.1 Å². The number of aliphatic carboxylic acids is 1. The van der Waals surface area contributed by atoms with E-state index in [9.17, 15) is 27.9 Å². The third-order valence-electron chi connectivity index (χ3n) is 4.35. The van der Waals surface area contributed by atoms with Crippen molar-refractivity contribution in [1.82, 2.24) is 9.88 Å². The van der Waals surface area contributed by atoms with E-state index in [0.29, 0.717) is 25.7 Å². The van der Waals surface area contributed by atoms with Gasteiger partial charge in [0.05, 0.1) is 0 Å². The minimum atomic E-state index is -4.52. The lowest BCUT2D eigenvalue weighted by Gasteiger charge is -2.40. The fourth-order valence-corrected chi connectivity index (χ4v) is 2.97. The zero-order valence-corrected chi connectivity index (χ0v) is 13.7. The van der Waals surface area contributed by atoms with Crippen molar-refractivity contribution in [2.75, 3.05) is 13.7 Å². The molecule has 1 amide bonds. The summed E-state index contributed by atoms with van der Waals surface area (Å²) in [7, 11) is 1.38. The van der Waals surface area contributed by atoms with Crippen LogP contribution in [-0.2, 0) is 4.79 Å². The van der Waals surface area contributed by atoms with E-state index in [-0.39, 0.29) is 11.6 Å². The number of aromatic nitrogens is 1. The Morgan fingerprint density at radius 1 is 1.28 bits per heavy atom. The van der Waals surface area contributed by atoms with Crippen LogP contribution in [0.1, 0.15) is 42.6 Å². The summed E-state index contributed by atoms with van der Waals surface area (Å²) in [5.41, 5.74) is -1.48. The van der Waals surface area contributed by atoms with Crippen LogP contribution < -0.4 is 4.74 Å². The molecule has 9 heteroatoms. The van der Waals surface area contributed by atoms with Crippen LogP contribution in [0.3, 0.4) is 0 Å². The number of carbonyl (C=O) groups excluding carboxylic acids is 1. The molecule has 0 unspecified atom stereocenters. The maximum absolute atomic E-state index is 12.6. The molecule has 1 aliphatic carbocycles. The summed E-state index contributed by atoms with van der Waals surface area (Å²) in [4.78, 5) is 29.3. The third kappa shape index (κ3) is 4.40. The Labute approximate surface area is 142 Å². The number of halogens is 3. The first-order valence-corrected chi connectivity index (χ1v) is 7.84. The van der Waals surface area contributed by atoms with Crippen LogP contribution in [0.25, 0.3) is 0 Å². The van der Waals surface area contributed by atoms with Crippen molar-refractivity contribution in [3.8, 4) is 5.88 Å². The van der Waals surface area contributed by atoms with Gasteiger partial charge in [0.25, 0.3) is 5.91 Å². The molecule has 1 N–H and O–H groups in total. The standard InChI is InChI=1S/C16H19F3N2O4/c1-21(15(14(23)24)8-3-2-4-9-15)13(22)11-6-5-7-12(20-11)25-10-16(17,18)19/h5-7H,2-4,8-10H2,1H3,(H,23,24). The van der Waals surface area contributed by atoms with E-state index in [2.05, 4.69) is 9.72 Å². The number of hydrogen-bond donors (Lipinski definition) is 1. The molecule has 0 radical (unpaired) electrons. The van der Waals surface area contributed by atoms with Gasteiger partial charge in [-0.2, -0.15) is 13.2 Å². The second-order valence-electron chi connectivity index (χ2n) is 6.03. The monoisotopic (exact) mass is 360 g/mol. The normalized spacial score (nSPS) is 17.0. The van der Waals surface area contributed by atoms with Crippen LogP contribution in [0.15, 0.2) is 18.2 Å². The number of carbonyl (C=O) groups is 2. The highest BCUT2D eigenvalue weighted by atomic mass is 19.4. The van der Waals surface area contributed by atoms with E-state index < -0.39 is 30.2 Å².